The normalized spacial score (nSPS) is 13.5. The standard InChI is InChI=1S/C25H34Cl2O6/c1-25(2,19-3-7-23(8-4-19)32-13-11-30-17-21(28)15-26)20-5-9-24(10-6-20)33-14-12-31-18-22(29)16-27/h3-10,21-22,28-29H,11-18H2,1-2H3. The van der Waals surface area contributed by atoms with Gasteiger partial charge in [0.15, 0.2) is 0 Å². The molecule has 0 aliphatic rings. The van der Waals surface area contributed by atoms with E-state index in [0.29, 0.717) is 26.4 Å². The van der Waals surface area contributed by atoms with Crippen LogP contribution >= 0.6 is 23.2 Å². The highest BCUT2D eigenvalue weighted by Crippen LogP contribution is 2.33. The van der Waals surface area contributed by atoms with Gasteiger partial charge in [-0.25, -0.2) is 0 Å². The zero-order chi connectivity index (χ0) is 24.1. The maximum absolute atomic E-state index is 9.35. The summed E-state index contributed by atoms with van der Waals surface area (Å²) in [5, 5.41) is 18.7. The molecule has 6 nitrogen and oxygen atoms in total. The third-order valence-corrected chi connectivity index (χ3v) is 5.83. The molecule has 0 amide bonds. The third-order valence-electron chi connectivity index (χ3n) is 5.12. The van der Waals surface area contributed by atoms with Gasteiger partial charge in [-0.3, -0.25) is 0 Å². The molecule has 0 saturated carbocycles. The summed E-state index contributed by atoms with van der Waals surface area (Å²) in [4.78, 5) is 0. The Morgan fingerprint density at radius 3 is 1.36 bits per heavy atom. The molecule has 2 atom stereocenters. The van der Waals surface area contributed by atoms with Gasteiger partial charge >= 0.3 is 0 Å². The molecule has 0 bridgehead atoms. The first-order chi connectivity index (χ1) is 15.9. The van der Waals surface area contributed by atoms with Crippen molar-refractivity contribution in [3.63, 3.8) is 0 Å². The van der Waals surface area contributed by atoms with Gasteiger partial charge < -0.3 is 29.2 Å². The van der Waals surface area contributed by atoms with Crippen LogP contribution in [0.4, 0.5) is 0 Å². The number of hydrogen-bond acceptors (Lipinski definition) is 6. The van der Waals surface area contributed by atoms with Crippen LogP contribution in [0.15, 0.2) is 48.5 Å². The fourth-order valence-corrected chi connectivity index (χ4v) is 3.25. The van der Waals surface area contributed by atoms with Crippen LogP contribution in [0.5, 0.6) is 11.5 Å². The van der Waals surface area contributed by atoms with E-state index in [2.05, 4.69) is 38.1 Å². The Balaban J connectivity index is 1.81. The summed E-state index contributed by atoms with van der Waals surface area (Å²) in [6.45, 7) is 6.32. The highest BCUT2D eigenvalue weighted by molar-refractivity contribution is 6.18. The van der Waals surface area contributed by atoms with Crippen LogP contribution in [0.3, 0.4) is 0 Å². The molecule has 2 aromatic rings. The molecular weight excluding hydrogens is 467 g/mol. The largest absolute Gasteiger partial charge is 0.491 e. The van der Waals surface area contributed by atoms with Crippen LogP contribution < -0.4 is 9.47 Å². The Morgan fingerprint density at radius 1 is 0.667 bits per heavy atom. The van der Waals surface area contributed by atoms with Gasteiger partial charge in [-0.05, 0) is 35.4 Å². The number of halogens is 2. The van der Waals surface area contributed by atoms with Crippen LogP contribution in [0.1, 0.15) is 25.0 Å². The van der Waals surface area contributed by atoms with E-state index in [4.69, 9.17) is 42.1 Å². The van der Waals surface area contributed by atoms with Crippen molar-refractivity contribution in [2.45, 2.75) is 31.5 Å². The van der Waals surface area contributed by atoms with Crippen LogP contribution in [-0.2, 0) is 14.9 Å². The molecule has 2 aromatic carbocycles. The maximum Gasteiger partial charge on any atom is 0.119 e. The molecule has 0 fully saturated rings. The molecule has 0 aliphatic heterocycles. The minimum atomic E-state index is -0.649. The second kappa shape index (κ2) is 14.7. The van der Waals surface area contributed by atoms with E-state index < -0.39 is 12.2 Å². The molecule has 0 radical (unpaired) electrons. The minimum Gasteiger partial charge on any atom is -0.491 e. The molecule has 184 valence electrons. The summed E-state index contributed by atoms with van der Waals surface area (Å²) < 4.78 is 22.0. The predicted molar refractivity (Wildman–Crippen MR) is 131 cm³/mol. The van der Waals surface area contributed by atoms with Gasteiger partial charge in [0.2, 0.25) is 0 Å². The Bertz CT molecular complexity index is 717. The lowest BCUT2D eigenvalue weighted by Gasteiger charge is -2.26. The first-order valence-corrected chi connectivity index (χ1v) is 12.0. The van der Waals surface area contributed by atoms with Crippen LogP contribution in [0, 0.1) is 0 Å². The predicted octanol–water partition coefficient (Wildman–Crippen LogP) is 4.00. The van der Waals surface area contributed by atoms with E-state index in [-0.39, 0.29) is 30.4 Å². The molecule has 8 heteroatoms. The average Bonchev–Trinajstić information content (AvgIpc) is 2.83. The number of aliphatic hydroxyl groups excluding tert-OH is 2. The molecule has 33 heavy (non-hydrogen) atoms. The van der Waals surface area contributed by atoms with Gasteiger partial charge in [-0.2, -0.15) is 0 Å². The minimum absolute atomic E-state index is 0.157. The van der Waals surface area contributed by atoms with Crippen molar-refractivity contribution in [2.75, 3.05) is 51.4 Å². The van der Waals surface area contributed by atoms with Crippen molar-refractivity contribution < 1.29 is 29.2 Å². The van der Waals surface area contributed by atoms with Crippen LogP contribution in [0.25, 0.3) is 0 Å². The van der Waals surface area contributed by atoms with Gasteiger partial charge in [-0.15, -0.1) is 23.2 Å². The highest BCUT2D eigenvalue weighted by atomic mass is 35.5. The van der Waals surface area contributed by atoms with E-state index >= 15 is 0 Å². The smallest absolute Gasteiger partial charge is 0.119 e. The molecular formula is C25H34Cl2O6. The zero-order valence-electron chi connectivity index (χ0n) is 19.2. The van der Waals surface area contributed by atoms with Crippen LogP contribution in [0.2, 0.25) is 0 Å². The maximum atomic E-state index is 9.35. The number of rotatable bonds is 16. The van der Waals surface area contributed by atoms with Crippen molar-refractivity contribution in [1.29, 1.82) is 0 Å². The SMILES string of the molecule is CC(C)(c1ccc(OCCOCC(O)CCl)cc1)c1ccc(OCCOCC(O)CCl)cc1. The van der Waals surface area contributed by atoms with E-state index in [9.17, 15) is 10.2 Å². The topological polar surface area (TPSA) is 77.4 Å². The summed E-state index contributed by atoms with van der Waals surface area (Å²) in [6.07, 6.45) is -1.30. The monoisotopic (exact) mass is 500 g/mol. The van der Waals surface area contributed by atoms with E-state index in [1.165, 1.54) is 0 Å². The molecule has 2 N–H and O–H groups in total. The summed E-state index contributed by atoms with van der Waals surface area (Å²) in [7, 11) is 0. The van der Waals surface area contributed by atoms with Gasteiger partial charge in [-0.1, -0.05) is 38.1 Å². The second-order valence-corrected chi connectivity index (χ2v) is 8.75. The lowest BCUT2D eigenvalue weighted by molar-refractivity contribution is 0.0342. The number of ether oxygens (including phenoxy) is 4. The highest BCUT2D eigenvalue weighted by Gasteiger charge is 2.23. The summed E-state index contributed by atoms with van der Waals surface area (Å²) in [5.74, 6) is 1.84. The van der Waals surface area contributed by atoms with Crippen molar-refractivity contribution in [1.82, 2.24) is 0 Å². The Labute approximate surface area is 206 Å². The van der Waals surface area contributed by atoms with Crippen LogP contribution in [-0.4, -0.2) is 73.8 Å². The van der Waals surface area contributed by atoms with Gasteiger partial charge in [0.1, 0.15) is 24.7 Å². The van der Waals surface area contributed by atoms with Gasteiger partial charge in [0.05, 0.1) is 50.4 Å². The number of aliphatic hydroxyl groups is 2. The molecule has 2 rings (SSSR count). The molecule has 0 aromatic heterocycles. The summed E-state index contributed by atoms with van der Waals surface area (Å²) in [5.41, 5.74) is 2.13. The number of benzene rings is 2. The van der Waals surface area contributed by atoms with Crippen molar-refractivity contribution in [2.24, 2.45) is 0 Å². The quantitative estimate of drug-likeness (QED) is 0.268. The van der Waals surface area contributed by atoms with E-state index in [0.717, 1.165) is 22.6 Å². The van der Waals surface area contributed by atoms with Crippen molar-refractivity contribution >= 4 is 23.2 Å². The number of alkyl halides is 2. The first kappa shape index (κ1) is 27.7. The first-order valence-electron chi connectivity index (χ1n) is 11.0. The second-order valence-electron chi connectivity index (χ2n) is 8.14. The van der Waals surface area contributed by atoms with Crippen molar-refractivity contribution in [3.05, 3.63) is 59.7 Å². The Morgan fingerprint density at radius 2 is 1.03 bits per heavy atom. The fraction of sp³-hybridized carbons (Fsp3) is 0.520. The van der Waals surface area contributed by atoms with E-state index in [1.807, 2.05) is 24.3 Å². The Hall–Kier alpha value is -1.54. The number of hydrogen-bond donors (Lipinski definition) is 2. The van der Waals surface area contributed by atoms with Gasteiger partial charge in [0, 0.05) is 5.41 Å². The van der Waals surface area contributed by atoms with Gasteiger partial charge in [0.25, 0.3) is 0 Å². The summed E-state index contributed by atoms with van der Waals surface area (Å²) in [6, 6.07) is 16.0. The zero-order valence-corrected chi connectivity index (χ0v) is 20.7. The third kappa shape index (κ3) is 9.69. The molecule has 0 heterocycles. The molecule has 2 unspecified atom stereocenters. The molecule has 0 spiro atoms. The lowest BCUT2D eigenvalue weighted by atomic mass is 9.78. The Kier molecular flexibility index (Phi) is 12.3. The summed E-state index contributed by atoms with van der Waals surface area (Å²) >= 11 is 11.1. The van der Waals surface area contributed by atoms with Crippen molar-refractivity contribution in [3.8, 4) is 11.5 Å². The fourth-order valence-electron chi connectivity index (χ4n) is 3.07. The average molecular weight is 501 g/mol. The molecule has 0 aliphatic carbocycles. The molecule has 0 saturated heterocycles. The van der Waals surface area contributed by atoms with E-state index in [1.54, 1.807) is 0 Å². The lowest BCUT2D eigenvalue weighted by Crippen LogP contribution is -2.20.